The van der Waals surface area contributed by atoms with Crippen molar-refractivity contribution in [3.8, 4) is 0 Å². The maximum atomic E-state index is 9.65. The molecule has 4 nitrogen and oxygen atoms in total. The highest BCUT2D eigenvalue weighted by molar-refractivity contribution is 5.17. The molecule has 0 amide bonds. The van der Waals surface area contributed by atoms with E-state index in [4.69, 9.17) is 5.73 Å². The second kappa shape index (κ2) is 5.85. The van der Waals surface area contributed by atoms with Crippen molar-refractivity contribution in [2.24, 2.45) is 11.7 Å². The zero-order valence-corrected chi connectivity index (χ0v) is 11.5. The SMILES string of the molecule is CC(C)CC(N)C(CO)n1cnc2c1CCCC2. The average molecular weight is 251 g/mol. The highest BCUT2D eigenvalue weighted by Gasteiger charge is 2.24. The molecule has 0 radical (unpaired) electrons. The van der Waals surface area contributed by atoms with Gasteiger partial charge in [0.15, 0.2) is 0 Å². The van der Waals surface area contributed by atoms with Crippen molar-refractivity contribution in [3.05, 3.63) is 17.7 Å². The first-order valence-corrected chi connectivity index (χ1v) is 7.04. The Bertz CT molecular complexity index is 386. The van der Waals surface area contributed by atoms with Gasteiger partial charge in [0, 0.05) is 11.7 Å². The van der Waals surface area contributed by atoms with Gasteiger partial charge in [-0.3, -0.25) is 0 Å². The molecular weight excluding hydrogens is 226 g/mol. The first-order chi connectivity index (χ1) is 8.63. The van der Waals surface area contributed by atoms with E-state index in [0.717, 1.165) is 19.3 Å². The van der Waals surface area contributed by atoms with Gasteiger partial charge in [-0.1, -0.05) is 13.8 Å². The number of hydrogen-bond donors (Lipinski definition) is 2. The molecule has 2 rings (SSSR count). The average Bonchev–Trinajstić information content (AvgIpc) is 2.73. The molecular formula is C14H25N3O. The summed E-state index contributed by atoms with van der Waals surface area (Å²) < 4.78 is 2.13. The lowest BCUT2D eigenvalue weighted by Crippen LogP contribution is -2.36. The van der Waals surface area contributed by atoms with Gasteiger partial charge in [-0.05, 0) is 38.0 Å². The van der Waals surface area contributed by atoms with Crippen molar-refractivity contribution in [3.63, 3.8) is 0 Å². The molecule has 0 saturated carbocycles. The second-order valence-electron chi connectivity index (χ2n) is 5.80. The summed E-state index contributed by atoms with van der Waals surface area (Å²) in [5, 5.41) is 9.65. The summed E-state index contributed by atoms with van der Waals surface area (Å²) in [7, 11) is 0. The van der Waals surface area contributed by atoms with E-state index in [1.807, 2.05) is 6.33 Å². The smallest absolute Gasteiger partial charge is 0.0955 e. The van der Waals surface area contributed by atoms with E-state index in [1.54, 1.807) is 0 Å². The van der Waals surface area contributed by atoms with E-state index in [2.05, 4.69) is 23.4 Å². The van der Waals surface area contributed by atoms with E-state index in [1.165, 1.54) is 24.2 Å². The Morgan fingerprint density at radius 2 is 2.11 bits per heavy atom. The highest BCUT2D eigenvalue weighted by Crippen LogP contribution is 2.25. The van der Waals surface area contributed by atoms with Crippen LogP contribution < -0.4 is 5.73 Å². The number of aromatic nitrogens is 2. The van der Waals surface area contributed by atoms with Gasteiger partial charge in [0.2, 0.25) is 0 Å². The summed E-state index contributed by atoms with van der Waals surface area (Å²) in [6.45, 7) is 4.42. The summed E-state index contributed by atoms with van der Waals surface area (Å²) in [6, 6.07) is -0.0306. The third-order valence-corrected chi connectivity index (χ3v) is 3.84. The van der Waals surface area contributed by atoms with Gasteiger partial charge in [0.25, 0.3) is 0 Å². The quantitative estimate of drug-likeness (QED) is 0.836. The van der Waals surface area contributed by atoms with E-state index in [0.29, 0.717) is 5.92 Å². The fourth-order valence-electron chi connectivity index (χ4n) is 2.91. The number of imidazole rings is 1. The molecule has 1 aliphatic carbocycles. The molecule has 1 aromatic rings. The predicted molar refractivity (Wildman–Crippen MR) is 72.4 cm³/mol. The van der Waals surface area contributed by atoms with E-state index in [9.17, 15) is 5.11 Å². The van der Waals surface area contributed by atoms with E-state index < -0.39 is 0 Å². The summed E-state index contributed by atoms with van der Waals surface area (Å²) in [4.78, 5) is 4.48. The molecule has 0 bridgehead atoms. The first kappa shape index (κ1) is 13.6. The number of rotatable bonds is 5. The van der Waals surface area contributed by atoms with Gasteiger partial charge in [0.05, 0.1) is 24.7 Å². The summed E-state index contributed by atoms with van der Waals surface area (Å²) >= 11 is 0. The second-order valence-corrected chi connectivity index (χ2v) is 5.80. The molecule has 102 valence electrons. The molecule has 1 aromatic heterocycles. The monoisotopic (exact) mass is 251 g/mol. The minimum Gasteiger partial charge on any atom is -0.394 e. The fourth-order valence-corrected chi connectivity index (χ4v) is 2.91. The Labute approximate surface area is 109 Å². The molecule has 0 saturated heterocycles. The molecule has 3 N–H and O–H groups in total. The maximum Gasteiger partial charge on any atom is 0.0955 e. The van der Waals surface area contributed by atoms with Crippen molar-refractivity contribution in [1.82, 2.24) is 9.55 Å². The molecule has 18 heavy (non-hydrogen) atoms. The minimum atomic E-state index is -0.0262. The van der Waals surface area contributed by atoms with Crippen molar-refractivity contribution < 1.29 is 5.11 Å². The molecule has 0 fully saturated rings. The highest BCUT2D eigenvalue weighted by atomic mass is 16.3. The maximum absolute atomic E-state index is 9.65. The van der Waals surface area contributed by atoms with E-state index in [-0.39, 0.29) is 18.7 Å². The van der Waals surface area contributed by atoms with Gasteiger partial charge < -0.3 is 15.4 Å². The number of aliphatic hydroxyl groups is 1. The lowest BCUT2D eigenvalue weighted by atomic mass is 9.96. The van der Waals surface area contributed by atoms with Gasteiger partial charge in [0.1, 0.15) is 0 Å². The zero-order valence-electron chi connectivity index (χ0n) is 11.5. The lowest BCUT2D eigenvalue weighted by molar-refractivity contribution is 0.194. The lowest BCUT2D eigenvalue weighted by Gasteiger charge is -2.27. The molecule has 0 spiro atoms. The molecule has 0 aromatic carbocycles. The Balaban J connectivity index is 2.19. The van der Waals surface area contributed by atoms with Gasteiger partial charge >= 0.3 is 0 Å². The van der Waals surface area contributed by atoms with Crippen LogP contribution in [0.2, 0.25) is 0 Å². The summed E-state index contributed by atoms with van der Waals surface area (Å²) in [5.41, 5.74) is 8.74. The molecule has 2 atom stereocenters. The fraction of sp³-hybridized carbons (Fsp3) is 0.786. The third-order valence-electron chi connectivity index (χ3n) is 3.84. The van der Waals surface area contributed by atoms with Crippen LogP contribution >= 0.6 is 0 Å². The van der Waals surface area contributed by atoms with Crippen LogP contribution in [0.25, 0.3) is 0 Å². The first-order valence-electron chi connectivity index (χ1n) is 7.04. The van der Waals surface area contributed by atoms with Gasteiger partial charge in [-0.15, -0.1) is 0 Å². The van der Waals surface area contributed by atoms with Crippen LogP contribution in [0.4, 0.5) is 0 Å². The molecule has 1 aliphatic rings. The Kier molecular flexibility index (Phi) is 4.40. The van der Waals surface area contributed by atoms with Crippen LogP contribution in [-0.2, 0) is 12.8 Å². The van der Waals surface area contributed by atoms with Crippen LogP contribution in [0.3, 0.4) is 0 Å². The summed E-state index contributed by atoms with van der Waals surface area (Å²) in [6.07, 6.45) is 7.39. The van der Waals surface area contributed by atoms with Crippen molar-refractivity contribution in [1.29, 1.82) is 0 Å². The van der Waals surface area contributed by atoms with E-state index >= 15 is 0 Å². The number of hydrogen-bond acceptors (Lipinski definition) is 3. The largest absolute Gasteiger partial charge is 0.394 e. The Hall–Kier alpha value is -0.870. The Morgan fingerprint density at radius 3 is 2.78 bits per heavy atom. The summed E-state index contributed by atoms with van der Waals surface area (Å²) in [5.74, 6) is 0.549. The van der Waals surface area contributed by atoms with Crippen molar-refractivity contribution >= 4 is 0 Å². The van der Waals surface area contributed by atoms with Gasteiger partial charge in [-0.25, -0.2) is 4.98 Å². The third kappa shape index (κ3) is 2.75. The minimum absolute atomic E-state index is 0.00442. The van der Waals surface area contributed by atoms with Crippen LogP contribution in [-0.4, -0.2) is 27.3 Å². The number of nitrogens with zero attached hydrogens (tertiary/aromatic N) is 2. The van der Waals surface area contributed by atoms with Crippen LogP contribution in [0.5, 0.6) is 0 Å². The molecule has 0 aliphatic heterocycles. The van der Waals surface area contributed by atoms with Crippen LogP contribution in [0, 0.1) is 5.92 Å². The van der Waals surface area contributed by atoms with Crippen LogP contribution in [0.1, 0.15) is 50.5 Å². The van der Waals surface area contributed by atoms with Crippen molar-refractivity contribution in [2.45, 2.75) is 58.0 Å². The molecule has 4 heteroatoms. The number of aliphatic hydroxyl groups excluding tert-OH is 1. The van der Waals surface area contributed by atoms with Gasteiger partial charge in [-0.2, -0.15) is 0 Å². The molecule has 2 unspecified atom stereocenters. The molecule has 1 heterocycles. The standard InChI is InChI=1S/C14H25N3O/c1-10(2)7-11(15)14(8-18)17-9-16-12-5-3-4-6-13(12)17/h9-11,14,18H,3-8,15H2,1-2H3. The normalized spacial score (nSPS) is 18.7. The van der Waals surface area contributed by atoms with Crippen molar-refractivity contribution in [2.75, 3.05) is 6.61 Å². The topological polar surface area (TPSA) is 64.1 Å². The number of fused-ring (bicyclic) bond motifs is 1. The van der Waals surface area contributed by atoms with Crippen LogP contribution in [0.15, 0.2) is 6.33 Å². The number of nitrogens with two attached hydrogens (primary N) is 1. The Morgan fingerprint density at radius 1 is 1.39 bits per heavy atom. The zero-order chi connectivity index (χ0) is 13.1. The predicted octanol–water partition coefficient (Wildman–Crippen LogP) is 1.67. The number of aryl methyl sites for hydroxylation is 1.